The number of anilines is 1. The van der Waals surface area contributed by atoms with E-state index in [9.17, 15) is 13.2 Å². The van der Waals surface area contributed by atoms with Gasteiger partial charge in [-0.05, 0) is 50.2 Å². The van der Waals surface area contributed by atoms with E-state index >= 15 is 0 Å². The van der Waals surface area contributed by atoms with Gasteiger partial charge in [0.1, 0.15) is 12.3 Å². The first kappa shape index (κ1) is 25.3. The number of carbonyl (C=O) groups is 1. The highest BCUT2D eigenvalue weighted by molar-refractivity contribution is 7.92. The van der Waals surface area contributed by atoms with Crippen LogP contribution in [0.25, 0.3) is 0 Å². The lowest BCUT2D eigenvalue weighted by Gasteiger charge is -2.26. The van der Waals surface area contributed by atoms with E-state index in [1.165, 1.54) is 25.3 Å². The molecule has 0 bridgehead atoms. The Bertz CT molecular complexity index is 1040. The van der Waals surface area contributed by atoms with Gasteiger partial charge in [0.05, 0.1) is 35.9 Å². The van der Waals surface area contributed by atoms with Gasteiger partial charge >= 0.3 is 0 Å². The van der Waals surface area contributed by atoms with Gasteiger partial charge in [0.15, 0.2) is 0 Å². The summed E-state index contributed by atoms with van der Waals surface area (Å²) in [6, 6.07) is 11.1. The lowest BCUT2D eigenvalue weighted by Crippen LogP contribution is -2.42. The molecule has 0 aliphatic carbocycles. The van der Waals surface area contributed by atoms with E-state index in [2.05, 4.69) is 10.2 Å². The zero-order valence-corrected chi connectivity index (χ0v) is 20.5. The molecule has 1 N–H and O–H groups in total. The summed E-state index contributed by atoms with van der Waals surface area (Å²) in [7, 11) is -2.52. The van der Waals surface area contributed by atoms with Crippen molar-refractivity contribution in [3.8, 4) is 5.75 Å². The number of hydrogen-bond donors (Lipinski definition) is 1. The molecule has 1 amide bonds. The molecule has 1 heterocycles. The van der Waals surface area contributed by atoms with E-state index in [1.54, 1.807) is 24.3 Å². The highest BCUT2D eigenvalue weighted by atomic mass is 35.5. The molecule has 2 aromatic carbocycles. The second-order valence-electron chi connectivity index (χ2n) is 7.80. The fourth-order valence-corrected chi connectivity index (χ4v) is 5.17. The molecule has 1 fully saturated rings. The third-order valence-corrected chi connectivity index (χ3v) is 7.48. The summed E-state index contributed by atoms with van der Waals surface area (Å²) in [5.41, 5.74) is 1.22. The topological polar surface area (TPSA) is 88.2 Å². The Morgan fingerprint density at radius 1 is 1.18 bits per heavy atom. The molecule has 0 saturated carbocycles. The maximum absolute atomic E-state index is 13.4. The number of rotatable bonds is 10. The summed E-state index contributed by atoms with van der Waals surface area (Å²) >= 11 is 6.24. The van der Waals surface area contributed by atoms with E-state index in [-0.39, 0.29) is 28.1 Å². The molecule has 3 rings (SSSR count). The second-order valence-corrected chi connectivity index (χ2v) is 10.1. The minimum atomic E-state index is -4.00. The average Bonchev–Trinajstić information content (AvgIpc) is 2.81. The molecule has 1 aliphatic rings. The molecular formula is C23H30ClN3O5S. The third kappa shape index (κ3) is 6.83. The summed E-state index contributed by atoms with van der Waals surface area (Å²) in [5, 5.41) is 3.09. The van der Waals surface area contributed by atoms with Crippen molar-refractivity contribution in [2.75, 3.05) is 57.4 Å². The molecule has 0 atom stereocenters. The number of hydrogen-bond acceptors (Lipinski definition) is 6. The van der Waals surface area contributed by atoms with Crippen LogP contribution in [-0.4, -0.2) is 72.3 Å². The monoisotopic (exact) mass is 495 g/mol. The van der Waals surface area contributed by atoms with Gasteiger partial charge in [0.25, 0.3) is 10.0 Å². The molecule has 8 nitrogen and oxygen atoms in total. The van der Waals surface area contributed by atoms with E-state index in [0.29, 0.717) is 12.3 Å². The van der Waals surface area contributed by atoms with Crippen molar-refractivity contribution in [2.45, 2.75) is 18.2 Å². The first-order chi connectivity index (χ1) is 15.8. The van der Waals surface area contributed by atoms with Crippen LogP contribution >= 0.6 is 11.6 Å². The Kier molecular flexibility index (Phi) is 8.96. The molecule has 10 heteroatoms. The Morgan fingerprint density at radius 2 is 1.88 bits per heavy atom. The first-order valence-corrected chi connectivity index (χ1v) is 12.6. The lowest BCUT2D eigenvalue weighted by atomic mass is 10.2. The first-order valence-electron chi connectivity index (χ1n) is 10.8. The predicted molar refractivity (Wildman–Crippen MR) is 129 cm³/mol. The van der Waals surface area contributed by atoms with E-state index in [1.807, 2.05) is 6.92 Å². The van der Waals surface area contributed by atoms with Crippen molar-refractivity contribution < 1.29 is 22.7 Å². The highest BCUT2D eigenvalue weighted by Gasteiger charge is 2.27. The smallest absolute Gasteiger partial charge is 0.264 e. The average molecular weight is 496 g/mol. The van der Waals surface area contributed by atoms with Gasteiger partial charge in [0, 0.05) is 19.6 Å². The van der Waals surface area contributed by atoms with Gasteiger partial charge in [-0.15, -0.1) is 0 Å². The number of ether oxygens (including phenoxy) is 2. The maximum atomic E-state index is 13.4. The summed E-state index contributed by atoms with van der Waals surface area (Å²) in [6.07, 6.45) is 0.769. The number of methoxy groups -OCH3 is 1. The largest absolute Gasteiger partial charge is 0.495 e. The number of carbonyl (C=O) groups excluding carboxylic acids is 1. The molecule has 0 radical (unpaired) electrons. The van der Waals surface area contributed by atoms with Crippen LogP contribution in [0.2, 0.25) is 5.02 Å². The quantitative estimate of drug-likeness (QED) is 0.510. The van der Waals surface area contributed by atoms with Gasteiger partial charge in [-0.25, -0.2) is 8.42 Å². The summed E-state index contributed by atoms with van der Waals surface area (Å²) in [5.74, 6) is 0.0280. The summed E-state index contributed by atoms with van der Waals surface area (Å²) in [4.78, 5) is 15.1. The number of amides is 1. The summed E-state index contributed by atoms with van der Waals surface area (Å²) < 4.78 is 38.4. The second kappa shape index (κ2) is 11.7. The van der Waals surface area contributed by atoms with Crippen molar-refractivity contribution in [1.82, 2.24) is 10.2 Å². The fraction of sp³-hybridized carbons (Fsp3) is 0.435. The Morgan fingerprint density at radius 3 is 2.52 bits per heavy atom. The zero-order chi connectivity index (χ0) is 23.8. The SMILES string of the molecule is COc1ccc(N(CC(=O)NCCCN2CCOCC2)S(=O)(=O)c2ccc(C)cc2)cc1Cl. The number of sulfonamides is 1. The molecular weight excluding hydrogens is 466 g/mol. The normalized spacial score (nSPS) is 14.6. The Labute approximate surface area is 200 Å². The maximum Gasteiger partial charge on any atom is 0.264 e. The molecule has 33 heavy (non-hydrogen) atoms. The molecule has 0 spiro atoms. The van der Waals surface area contributed by atoms with Crippen molar-refractivity contribution in [2.24, 2.45) is 0 Å². The Hall–Kier alpha value is -2.33. The van der Waals surface area contributed by atoms with Crippen LogP contribution in [0.3, 0.4) is 0 Å². The van der Waals surface area contributed by atoms with Crippen molar-refractivity contribution in [1.29, 1.82) is 0 Å². The standard InChI is InChI=1S/C23H30ClN3O5S/c1-18-4-7-20(8-5-18)33(29,30)27(19-6-9-22(31-2)21(24)16-19)17-23(28)25-10-3-11-26-12-14-32-15-13-26/h4-9,16H,3,10-15,17H2,1-2H3,(H,25,28). The fourth-order valence-electron chi connectivity index (χ4n) is 3.50. The van der Waals surface area contributed by atoms with Gasteiger partial charge in [0.2, 0.25) is 5.91 Å². The van der Waals surface area contributed by atoms with Gasteiger partial charge < -0.3 is 14.8 Å². The number of halogens is 1. The van der Waals surface area contributed by atoms with E-state index in [0.717, 1.165) is 49.1 Å². The van der Waals surface area contributed by atoms with Gasteiger partial charge in [-0.1, -0.05) is 29.3 Å². The zero-order valence-electron chi connectivity index (χ0n) is 18.9. The molecule has 0 aromatic heterocycles. The molecule has 180 valence electrons. The van der Waals surface area contributed by atoms with Crippen LogP contribution in [-0.2, 0) is 19.6 Å². The molecule has 1 aliphatic heterocycles. The number of nitrogens with zero attached hydrogens (tertiary/aromatic N) is 2. The van der Waals surface area contributed by atoms with Gasteiger partial charge in [-0.3, -0.25) is 14.0 Å². The lowest BCUT2D eigenvalue weighted by molar-refractivity contribution is -0.119. The van der Waals surface area contributed by atoms with Crippen LogP contribution in [0.5, 0.6) is 5.75 Å². The van der Waals surface area contributed by atoms with Crippen molar-refractivity contribution in [3.63, 3.8) is 0 Å². The van der Waals surface area contributed by atoms with Crippen molar-refractivity contribution >= 4 is 33.2 Å². The van der Waals surface area contributed by atoms with Crippen LogP contribution in [0, 0.1) is 6.92 Å². The predicted octanol–water partition coefficient (Wildman–Crippen LogP) is 2.69. The molecule has 2 aromatic rings. The van der Waals surface area contributed by atoms with Crippen LogP contribution < -0.4 is 14.4 Å². The third-order valence-electron chi connectivity index (χ3n) is 5.40. The molecule has 1 saturated heterocycles. The van der Waals surface area contributed by atoms with Crippen LogP contribution in [0.1, 0.15) is 12.0 Å². The van der Waals surface area contributed by atoms with E-state index < -0.39 is 10.0 Å². The minimum Gasteiger partial charge on any atom is -0.495 e. The van der Waals surface area contributed by atoms with Gasteiger partial charge in [-0.2, -0.15) is 0 Å². The number of benzene rings is 2. The van der Waals surface area contributed by atoms with E-state index in [4.69, 9.17) is 21.1 Å². The molecule has 0 unspecified atom stereocenters. The number of aryl methyl sites for hydroxylation is 1. The number of nitrogens with one attached hydrogen (secondary N) is 1. The minimum absolute atomic E-state index is 0.0974. The van der Waals surface area contributed by atoms with Crippen LogP contribution in [0.4, 0.5) is 5.69 Å². The van der Waals surface area contributed by atoms with Crippen molar-refractivity contribution in [3.05, 3.63) is 53.1 Å². The summed E-state index contributed by atoms with van der Waals surface area (Å²) in [6.45, 7) is 6.04. The highest BCUT2D eigenvalue weighted by Crippen LogP contribution is 2.31. The van der Waals surface area contributed by atoms with Crippen LogP contribution in [0.15, 0.2) is 47.4 Å². The Balaban J connectivity index is 1.73. The number of morpholine rings is 1.